The van der Waals surface area contributed by atoms with Crippen LogP contribution in [-0.4, -0.2) is 18.9 Å². The standard InChI is InChI=1S/C10H11NO2/c1-2-4-9(5-3-1)6-13-11-10-7-12-8-10/h1-5H,6-8H2. The molecule has 0 bridgehead atoms. The van der Waals surface area contributed by atoms with Gasteiger partial charge in [0, 0.05) is 0 Å². The molecule has 1 aliphatic rings. The smallest absolute Gasteiger partial charge is 0.142 e. The molecule has 3 heteroatoms. The molecule has 0 unspecified atom stereocenters. The summed E-state index contributed by atoms with van der Waals surface area (Å²) < 4.78 is 4.93. The summed E-state index contributed by atoms with van der Waals surface area (Å²) in [5.41, 5.74) is 2.11. The van der Waals surface area contributed by atoms with E-state index in [4.69, 9.17) is 9.57 Å². The second kappa shape index (κ2) is 4.05. The van der Waals surface area contributed by atoms with Gasteiger partial charge in [0.1, 0.15) is 12.3 Å². The second-order valence-corrected chi connectivity index (χ2v) is 2.91. The lowest BCUT2D eigenvalue weighted by atomic mass is 10.2. The van der Waals surface area contributed by atoms with Gasteiger partial charge in [-0.05, 0) is 5.56 Å². The van der Waals surface area contributed by atoms with Gasteiger partial charge in [-0.2, -0.15) is 0 Å². The summed E-state index contributed by atoms with van der Waals surface area (Å²) >= 11 is 0. The van der Waals surface area contributed by atoms with Crippen LogP contribution in [0.25, 0.3) is 0 Å². The third-order valence-electron chi connectivity index (χ3n) is 1.81. The Bertz CT molecular complexity index is 289. The number of hydrogen-bond donors (Lipinski definition) is 0. The molecule has 0 aromatic heterocycles. The van der Waals surface area contributed by atoms with E-state index < -0.39 is 0 Å². The molecule has 0 spiro atoms. The number of rotatable bonds is 3. The second-order valence-electron chi connectivity index (χ2n) is 2.91. The molecule has 1 aliphatic heterocycles. The first-order valence-electron chi connectivity index (χ1n) is 4.24. The summed E-state index contributed by atoms with van der Waals surface area (Å²) in [4.78, 5) is 5.13. The molecule has 0 amide bonds. The number of benzene rings is 1. The van der Waals surface area contributed by atoms with Crippen LogP contribution in [0.4, 0.5) is 0 Å². The number of nitrogens with zero attached hydrogens (tertiary/aromatic N) is 1. The van der Waals surface area contributed by atoms with Crippen LogP contribution < -0.4 is 0 Å². The van der Waals surface area contributed by atoms with Crippen LogP contribution in [0, 0.1) is 0 Å². The van der Waals surface area contributed by atoms with Gasteiger partial charge in [-0.25, -0.2) is 0 Å². The highest BCUT2D eigenvalue weighted by molar-refractivity contribution is 5.90. The van der Waals surface area contributed by atoms with Crippen molar-refractivity contribution >= 4 is 5.71 Å². The van der Waals surface area contributed by atoms with Crippen molar-refractivity contribution in [3.63, 3.8) is 0 Å². The van der Waals surface area contributed by atoms with E-state index in [0.29, 0.717) is 19.8 Å². The van der Waals surface area contributed by atoms with Gasteiger partial charge in [0.05, 0.1) is 13.2 Å². The van der Waals surface area contributed by atoms with Crippen molar-refractivity contribution in [2.24, 2.45) is 5.16 Å². The number of hydrogen-bond acceptors (Lipinski definition) is 3. The highest BCUT2D eigenvalue weighted by atomic mass is 16.6. The molecular weight excluding hydrogens is 166 g/mol. The molecule has 1 heterocycles. The molecule has 1 fully saturated rings. The highest BCUT2D eigenvalue weighted by Gasteiger charge is 2.10. The zero-order chi connectivity index (χ0) is 8.93. The zero-order valence-corrected chi connectivity index (χ0v) is 7.27. The molecule has 0 N–H and O–H groups in total. The third-order valence-corrected chi connectivity index (χ3v) is 1.81. The summed E-state index contributed by atoms with van der Waals surface area (Å²) in [6.45, 7) is 1.77. The van der Waals surface area contributed by atoms with E-state index in [1.54, 1.807) is 0 Å². The van der Waals surface area contributed by atoms with Gasteiger partial charge in [0.25, 0.3) is 0 Å². The van der Waals surface area contributed by atoms with Gasteiger partial charge >= 0.3 is 0 Å². The average molecular weight is 177 g/mol. The Morgan fingerprint density at radius 2 is 2.00 bits per heavy atom. The van der Waals surface area contributed by atoms with Gasteiger partial charge in [-0.3, -0.25) is 0 Å². The van der Waals surface area contributed by atoms with E-state index in [0.717, 1.165) is 11.3 Å². The topological polar surface area (TPSA) is 30.8 Å². The summed E-state index contributed by atoms with van der Waals surface area (Å²) in [5, 5.41) is 3.92. The molecule has 3 nitrogen and oxygen atoms in total. The van der Waals surface area contributed by atoms with Gasteiger partial charge in [-0.1, -0.05) is 35.5 Å². The van der Waals surface area contributed by atoms with E-state index in [-0.39, 0.29) is 0 Å². The van der Waals surface area contributed by atoms with Crippen LogP contribution in [-0.2, 0) is 16.2 Å². The van der Waals surface area contributed by atoms with E-state index in [1.165, 1.54) is 0 Å². The summed E-state index contributed by atoms with van der Waals surface area (Å²) in [5.74, 6) is 0. The average Bonchev–Trinajstić information content (AvgIpc) is 2.11. The highest BCUT2D eigenvalue weighted by Crippen LogP contribution is 2.02. The monoisotopic (exact) mass is 177 g/mol. The fraction of sp³-hybridized carbons (Fsp3) is 0.300. The number of ether oxygens (including phenoxy) is 1. The van der Waals surface area contributed by atoms with E-state index in [2.05, 4.69) is 5.16 Å². The van der Waals surface area contributed by atoms with E-state index >= 15 is 0 Å². The van der Waals surface area contributed by atoms with Gasteiger partial charge < -0.3 is 9.57 Å². The molecule has 0 atom stereocenters. The fourth-order valence-corrected chi connectivity index (χ4v) is 1.02. The lowest BCUT2D eigenvalue weighted by molar-refractivity contribution is 0.103. The predicted octanol–water partition coefficient (Wildman–Crippen LogP) is 1.59. The lowest BCUT2D eigenvalue weighted by Gasteiger charge is -2.14. The number of oxime groups is 1. The molecule has 0 saturated carbocycles. The molecule has 68 valence electrons. The third kappa shape index (κ3) is 2.29. The summed E-state index contributed by atoms with van der Waals surface area (Å²) in [7, 11) is 0. The molecule has 2 rings (SSSR count). The van der Waals surface area contributed by atoms with Crippen molar-refractivity contribution in [2.45, 2.75) is 6.61 Å². The van der Waals surface area contributed by atoms with Crippen LogP contribution in [0.3, 0.4) is 0 Å². The van der Waals surface area contributed by atoms with E-state index in [9.17, 15) is 0 Å². The van der Waals surface area contributed by atoms with Crippen LogP contribution in [0.2, 0.25) is 0 Å². The first kappa shape index (κ1) is 8.26. The first-order valence-corrected chi connectivity index (χ1v) is 4.24. The van der Waals surface area contributed by atoms with Crippen LogP contribution in [0.15, 0.2) is 35.5 Å². The van der Waals surface area contributed by atoms with E-state index in [1.807, 2.05) is 30.3 Å². The Labute approximate surface area is 77.0 Å². The minimum absolute atomic E-state index is 0.532. The normalized spacial score (nSPS) is 14.9. The maximum absolute atomic E-state index is 5.13. The Morgan fingerprint density at radius 1 is 1.23 bits per heavy atom. The molecular formula is C10H11NO2. The molecule has 1 saturated heterocycles. The summed E-state index contributed by atoms with van der Waals surface area (Å²) in [6.07, 6.45) is 0. The van der Waals surface area contributed by atoms with Gasteiger partial charge in [0.15, 0.2) is 0 Å². The Kier molecular flexibility index (Phi) is 2.57. The van der Waals surface area contributed by atoms with Crippen molar-refractivity contribution in [1.82, 2.24) is 0 Å². The molecule has 0 radical (unpaired) electrons. The maximum Gasteiger partial charge on any atom is 0.142 e. The van der Waals surface area contributed by atoms with Crippen LogP contribution in [0.5, 0.6) is 0 Å². The maximum atomic E-state index is 5.13. The molecule has 1 aromatic carbocycles. The van der Waals surface area contributed by atoms with Crippen molar-refractivity contribution < 1.29 is 9.57 Å². The van der Waals surface area contributed by atoms with Crippen molar-refractivity contribution in [3.8, 4) is 0 Å². The van der Waals surface area contributed by atoms with Crippen LogP contribution in [0.1, 0.15) is 5.56 Å². The first-order chi connectivity index (χ1) is 6.45. The predicted molar refractivity (Wildman–Crippen MR) is 49.5 cm³/mol. The van der Waals surface area contributed by atoms with Crippen molar-refractivity contribution in [3.05, 3.63) is 35.9 Å². The largest absolute Gasteiger partial charge is 0.391 e. The van der Waals surface area contributed by atoms with Gasteiger partial charge in [-0.15, -0.1) is 0 Å². The van der Waals surface area contributed by atoms with Crippen molar-refractivity contribution in [1.29, 1.82) is 0 Å². The van der Waals surface area contributed by atoms with Crippen LogP contribution >= 0.6 is 0 Å². The fourth-order valence-electron chi connectivity index (χ4n) is 1.02. The lowest BCUT2D eigenvalue weighted by Crippen LogP contribution is -2.27. The van der Waals surface area contributed by atoms with Gasteiger partial charge in [0.2, 0.25) is 0 Å². The Balaban J connectivity index is 1.79. The Morgan fingerprint density at radius 3 is 2.62 bits per heavy atom. The quantitative estimate of drug-likeness (QED) is 0.656. The minimum atomic E-state index is 0.532. The summed E-state index contributed by atoms with van der Waals surface area (Å²) in [6, 6.07) is 9.97. The Hall–Kier alpha value is -1.35. The van der Waals surface area contributed by atoms with Crippen molar-refractivity contribution in [2.75, 3.05) is 13.2 Å². The molecule has 0 aliphatic carbocycles. The molecule has 1 aromatic rings. The zero-order valence-electron chi connectivity index (χ0n) is 7.27. The molecule has 13 heavy (non-hydrogen) atoms. The SMILES string of the molecule is c1ccc(CON=C2COC2)cc1. The minimum Gasteiger partial charge on any atom is -0.391 e.